The van der Waals surface area contributed by atoms with Crippen LogP contribution in [0.4, 0.5) is 5.69 Å². The largest absolute Gasteiger partial charge is 0.330 e. The summed E-state index contributed by atoms with van der Waals surface area (Å²) in [5, 5.41) is 11.3. The summed E-state index contributed by atoms with van der Waals surface area (Å²) in [5.41, 5.74) is 1.13. The number of rotatable bonds is 1. The molecule has 1 aromatic carbocycles. The van der Waals surface area contributed by atoms with E-state index < -0.39 is 4.92 Å². The maximum Gasteiger partial charge on any atom is 0.330 e. The van der Waals surface area contributed by atoms with Crippen LogP contribution >= 0.6 is 0 Å². The highest BCUT2D eigenvalue weighted by atomic mass is 16.6. The molecule has 0 unspecified atom stereocenters. The van der Waals surface area contributed by atoms with Gasteiger partial charge in [0.2, 0.25) is 0 Å². The SMILES string of the molecule is O=c1[nH]ccc2cc3cc([N+](=O)[O-])ccc3n12. The van der Waals surface area contributed by atoms with Crippen molar-refractivity contribution in [2.45, 2.75) is 0 Å². The van der Waals surface area contributed by atoms with Crippen molar-refractivity contribution in [1.29, 1.82) is 0 Å². The highest BCUT2D eigenvalue weighted by molar-refractivity contribution is 5.88. The van der Waals surface area contributed by atoms with E-state index in [1.807, 2.05) is 0 Å². The summed E-state index contributed by atoms with van der Waals surface area (Å²) in [6.45, 7) is 0. The predicted molar refractivity (Wildman–Crippen MR) is 62.2 cm³/mol. The fourth-order valence-electron chi connectivity index (χ4n) is 1.95. The number of aromatic amines is 1. The molecule has 0 amide bonds. The first-order valence-electron chi connectivity index (χ1n) is 4.94. The second kappa shape index (κ2) is 3.18. The fourth-order valence-corrected chi connectivity index (χ4v) is 1.95. The molecule has 0 saturated carbocycles. The number of nitro benzene ring substituents is 1. The molecule has 17 heavy (non-hydrogen) atoms. The molecule has 0 atom stereocenters. The number of non-ortho nitro benzene ring substituents is 1. The number of aromatic nitrogens is 2. The van der Waals surface area contributed by atoms with E-state index in [1.54, 1.807) is 24.4 Å². The summed E-state index contributed by atoms with van der Waals surface area (Å²) < 4.78 is 1.49. The molecule has 6 nitrogen and oxygen atoms in total. The van der Waals surface area contributed by atoms with Gasteiger partial charge in [-0.25, -0.2) is 4.79 Å². The average molecular weight is 229 g/mol. The van der Waals surface area contributed by atoms with E-state index in [-0.39, 0.29) is 11.4 Å². The van der Waals surface area contributed by atoms with Crippen molar-refractivity contribution in [1.82, 2.24) is 9.38 Å². The van der Waals surface area contributed by atoms with Gasteiger partial charge in [-0.1, -0.05) is 0 Å². The Morgan fingerprint density at radius 2 is 2.06 bits per heavy atom. The molecule has 0 aliphatic carbocycles. The lowest BCUT2D eigenvalue weighted by Gasteiger charge is -1.95. The van der Waals surface area contributed by atoms with Crippen LogP contribution in [0.25, 0.3) is 16.4 Å². The van der Waals surface area contributed by atoms with Gasteiger partial charge >= 0.3 is 5.69 Å². The van der Waals surface area contributed by atoms with Crippen LogP contribution < -0.4 is 5.69 Å². The minimum Gasteiger partial charge on any atom is -0.314 e. The minimum atomic E-state index is -0.452. The highest BCUT2D eigenvalue weighted by Gasteiger charge is 2.10. The van der Waals surface area contributed by atoms with Crippen molar-refractivity contribution in [3.63, 3.8) is 0 Å². The number of hydrogen-bond acceptors (Lipinski definition) is 3. The normalized spacial score (nSPS) is 11.1. The molecule has 84 valence electrons. The molecule has 0 radical (unpaired) electrons. The zero-order valence-electron chi connectivity index (χ0n) is 8.58. The van der Waals surface area contributed by atoms with E-state index in [0.29, 0.717) is 16.4 Å². The molecule has 3 rings (SSSR count). The Balaban J connectivity index is 2.48. The van der Waals surface area contributed by atoms with E-state index in [0.717, 1.165) is 0 Å². The Morgan fingerprint density at radius 1 is 1.24 bits per heavy atom. The quantitative estimate of drug-likeness (QED) is 0.509. The van der Waals surface area contributed by atoms with Crippen molar-refractivity contribution in [3.8, 4) is 0 Å². The smallest absolute Gasteiger partial charge is 0.314 e. The third-order valence-corrected chi connectivity index (χ3v) is 2.69. The summed E-state index contributed by atoms with van der Waals surface area (Å²) >= 11 is 0. The first kappa shape index (κ1) is 9.59. The van der Waals surface area contributed by atoms with Crippen LogP contribution in [-0.4, -0.2) is 14.3 Å². The van der Waals surface area contributed by atoms with Crippen LogP contribution in [0.5, 0.6) is 0 Å². The van der Waals surface area contributed by atoms with Gasteiger partial charge < -0.3 is 4.98 Å². The molecule has 0 aliphatic rings. The van der Waals surface area contributed by atoms with Crippen LogP contribution in [0.2, 0.25) is 0 Å². The molecule has 1 N–H and O–H groups in total. The number of nitrogens with one attached hydrogen (secondary N) is 1. The Bertz CT molecular complexity index is 800. The van der Waals surface area contributed by atoms with Crippen molar-refractivity contribution >= 4 is 22.1 Å². The van der Waals surface area contributed by atoms with Gasteiger partial charge in [0.15, 0.2) is 0 Å². The standard InChI is InChI=1S/C11H7N3O3/c15-11-12-4-3-8-5-7-6-9(14(16)17)1-2-10(7)13(8)11/h1-6H,(H,12,15). The Morgan fingerprint density at radius 3 is 2.82 bits per heavy atom. The highest BCUT2D eigenvalue weighted by Crippen LogP contribution is 2.23. The topological polar surface area (TPSA) is 80.4 Å². The number of fused-ring (bicyclic) bond motifs is 3. The van der Waals surface area contributed by atoms with E-state index >= 15 is 0 Å². The van der Waals surface area contributed by atoms with Gasteiger partial charge in [-0.15, -0.1) is 0 Å². The zero-order chi connectivity index (χ0) is 12.0. The Labute approximate surface area is 94.3 Å². The predicted octanol–water partition coefficient (Wildman–Crippen LogP) is 1.69. The molecule has 0 spiro atoms. The summed E-state index contributed by atoms with van der Waals surface area (Å²) in [6.07, 6.45) is 1.55. The number of nitrogens with zero attached hydrogens (tertiary/aromatic N) is 2. The number of hydrogen-bond donors (Lipinski definition) is 1. The fraction of sp³-hybridized carbons (Fsp3) is 0. The van der Waals surface area contributed by atoms with E-state index in [1.165, 1.54) is 16.5 Å². The minimum absolute atomic E-state index is 0.0184. The molecule has 0 bridgehead atoms. The maximum atomic E-state index is 11.6. The van der Waals surface area contributed by atoms with Gasteiger partial charge in [0.1, 0.15) is 0 Å². The van der Waals surface area contributed by atoms with Gasteiger partial charge in [0.25, 0.3) is 5.69 Å². The number of nitro groups is 1. The molecule has 0 aliphatic heterocycles. The second-order valence-electron chi connectivity index (χ2n) is 3.69. The summed E-state index contributed by atoms with van der Waals surface area (Å²) in [7, 11) is 0. The molecule has 0 saturated heterocycles. The van der Waals surface area contributed by atoms with Gasteiger partial charge in [0.05, 0.1) is 16.0 Å². The average Bonchev–Trinajstić information content (AvgIpc) is 2.67. The summed E-state index contributed by atoms with van der Waals surface area (Å²) in [5.74, 6) is 0. The monoisotopic (exact) mass is 229 g/mol. The molecule has 2 aromatic heterocycles. The van der Waals surface area contributed by atoms with E-state index in [2.05, 4.69) is 4.98 Å². The van der Waals surface area contributed by atoms with Crippen LogP contribution in [0.3, 0.4) is 0 Å². The maximum absolute atomic E-state index is 11.6. The van der Waals surface area contributed by atoms with Crippen LogP contribution in [-0.2, 0) is 0 Å². The third-order valence-electron chi connectivity index (χ3n) is 2.69. The van der Waals surface area contributed by atoms with Gasteiger partial charge in [-0.3, -0.25) is 14.5 Å². The zero-order valence-corrected chi connectivity index (χ0v) is 8.58. The first-order valence-corrected chi connectivity index (χ1v) is 4.94. The molecule has 6 heteroatoms. The van der Waals surface area contributed by atoms with Gasteiger partial charge in [0, 0.05) is 23.7 Å². The van der Waals surface area contributed by atoms with Crippen molar-refractivity contribution in [2.75, 3.05) is 0 Å². The van der Waals surface area contributed by atoms with E-state index in [9.17, 15) is 14.9 Å². The third kappa shape index (κ3) is 1.31. The number of H-pyrrole nitrogens is 1. The Hall–Kier alpha value is -2.63. The van der Waals surface area contributed by atoms with Crippen molar-refractivity contribution in [2.24, 2.45) is 0 Å². The molecule has 0 fully saturated rings. The molecule has 2 heterocycles. The summed E-state index contributed by atoms with van der Waals surface area (Å²) in [4.78, 5) is 24.4. The second-order valence-corrected chi connectivity index (χ2v) is 3.69. The van der Waals surface area contributed by atoms with Gasteiger partial charge in [-0.05, 0) is 18.2 Å². The lowest BCUT2D eigenvalue weighted by Crippen LogP contribution is -2.14. The van der Waals surface area contributed by atoms with E-state index in [4.69, 9.17) is 0 Å². The Kier molecular flexibility index (Phi) is 1.79. The van der Waals surface area contributed by atoms with Gasteiger partial charge in [-0.2, -0.15) is 0 Å². The lowest BCUT2D eigenvalue weighted by atomic mass is 10.2. The lowest BCUT2D eigenvalue weighted by molar-refractivity contribution is -0.384. The van der Waals surface area contributed by atoms with Crippen molar-refractivity contribution in [3.05, 3.63) is 57.1 Å². The first-order chi connectivity index (χ1) is 8.16. The summed E-state index contributed by atoms with van der Waals surface area (Å²) in [6, 6.07) is 7.92. The molecular weight excluding hydrogens is 222 g/mol. The van der Waals surface area contributed by atoms with Crippen LogP contribution in [0.15, 0.2) is 41.3 Å². The molecular formula is C11H7N3O3. The van der Waals surface area contributed by atoms with Crippen molar-refractivity contribution < 1.29 is 4.92 Å². The van der Waals surface area contributed by atoms with Crippen LogP contribution in [0.1, 0.15) is 0 Å². The van der Waals surface area contributed by atoms with Crippen LogP contribution in [0, 0.1) is 10.1 Å². The number of benzene rings is 1. The molecule has 3 aromatic rings.